The van der Waals surface area contributed by atoms with Crippen LogP contribution >= 0.6 is 15.2 Å². The van der Waals surface area contributed by atoms with Crippen LogP contribution in [0.3, 0.4) is 0 Å². The van der Waals surface area contributed by atoms with Crippen LogP contribution in [-0.2, 0) is 27.2 Å². The van der Waals surface area contributed by atoms with Crippen molar-refractivity contribution in [3.63, 3.8) is 0 Å². The topological polar surface area (TPSA) is 71.1 Å². The molecule has 0 bridgehead atoms. The lowest BCUT2D eigenvalue weighted by Gasteiger charge is -2.29. The molecular weight excluding hydrogens is 590 g/mol. The molecule has 2 heterocycles. The van der Waals surface area contributed by atoms with Gasteiger partial charge in [0.25, 0.3) is 0 Å². The van der Waals surface area contributed by atoms with Crippen LogP contribution < -0.4 is 10.6 Å². The van der Waals surface area contributed by atoms with Gasteiger partial charge >= 0.3 is 15.2 Å². The zero-order chi connectivity index (χ0) is 31.5. The van der Waals surface area contributed by atoms with Gasteiger partial charge in [-0.2, -0.15) is 0 Å². The zero-order valence-corrected chi connectivity index (χ0v) is 27.8. The van der Waals surface area contributed by atoms with Crippen LogP contribution in [0.5, 0.6) is 0 Å². The normalized spacial score (nSPS) is 20.5. The molecule has 2 aliphatic heterocycles. The number of fused-ring (bicyclic) bond motifs is 2. The average Bonchev–Trinajstić information content (AvgIpc) is 3.00. The fourth-order valence-electron chi connectivity index (χ4n) is 5.46. The third kappa shape index (κ3) is 6.27. The second-order valence-corrected chi connectivity index (χ2v) is 14.5. The number of allylic oxidation sites excluding steroid dienone is 2. The molecule has 2 aliphatic rings. The summed E-state index contributed by atoms with van der Waals surface area (Å²) >= 11 is 0. The Hall–Kier alpha value is -3.66. The molecule has 0 fully saturated rings. The van der Waals surface area contributed by atoms with Gasteiger partial charge in [-0.1, -0.05) is 96.1 Å². The SMILES string of the molecule is CCOP1(=O)OC(C)=C(c2ccccc2)c2cc(C)ccc21.CCOP1(=O)OC(c2ccccc2)=C(C)c2cc(C)ccc21. The van der Waals surface area contributed by atoms with Crippen molar-refractivity contribution >= 4 is 42.7 Å². The number of aryl methyl sites for hydroxylation is 2. The van der Waals surface area contributed by atoms with Crippen molar-refractivity contribution in [2.75, 3.05) is 13.2 Å². The minimum Gasteiger partial charge on any atom is -0.425 e. The Morgan fingerprint density at radius 1 is 0.591 bits per heavy atom. The molecule has 0 amide bonds. The molecule has 2 atom stereocenters. The number of hydrogen-bond acceptors (Lipinski definition) is 6. The fraction of sp³-hybridized carbons (Fsp3) is 0.222. The molecular formula is C36H38O6P2. The first-order chi connectivity index (χ1) is 21.1. The van der Waals surface area contributed by atoms with Gasteiger partial charge in [-0.25, -0.2) is 9.13 Å². The molecule has 6 rings (SSSR count). The highest BCUT2D eigenvalue weighted by Crippen LogP contribution is 2.57. The molecule has 0 spiro atoms. The summed E-state index contributed by atoms with van der Waals surface area (Å²) in [5, 5.41) is 1.29. The van der Waals surface area contributed by atoms with E-state index in [4.69, 9.17) is 18.1 Å². The molecule has 4 aromatic carbocycles. The van der Waals surface area contributed by atoms with Crippen molar-refractivity contribution in [1.82, 2.24) is 0 Å². The Morgan fingerprint density at radius 3 is 1.61 bits per heavy atom. The van der Waals surface area contributed by atoms with Gasteiger partial charge < -0.3 is 9.05 Å². The van der Waals surface area contributed by atoms with Crippen LogP contribution in [0, 0.1) is 13.8 Å². The van der Waals surface area contributed by atoms with E-state index in [1.54, 1.807) is 0 Å². The maximum Gasteiger partial charge on any atom is 0.411 e. The monoisotopic (exact) mass is 628 g/mol. The molecule has 8 heteroatoms. The number of hydrogen-bond donors (Lipinski definition) is 0. The van der Waals surface area contributed by atoms with E-state index in [-0.39, 0.29) is 0 Å². The second kappa shape index (κ2) is 13.1. The van der Waals surface area contributed by atoms with Crippen LogP contribution in [-0.4, -0.2) is 13.2 Å². The summed E-state index contributed by atoms with van der Waals surface area (Å²) in [6.45, 7) is 12.2. The van der Waals surface area contributed by atoms with Gasteiger partial charge in [-0.15, -0.1) is 0 Å². The Bertz CT molecular complexity index is 1830. The Kier molecular flexibility index (Phi) is 9.48. The first-order valence-corrected chi connectivity index (χ1v) is 17.8. The van der Waals surface area contributed by atoms with Crippen molar-refractivity contribution in [2.24, 2.45) is 0 Å². The molecule has 0 aliphatic carbocycles. The highest BCUT2D eigenvalue weighted by Gasteiger charge is 2.39. The van der Waals surface area contributed by atoms with Crippen LogP contribution in [0.2, 0.25) is 0 Å². The third-order valence-electron chi connectivity index (χ3n) is 7.43. The third-order valence-corrected chi connectivity index (χ3v) is 11.5. The lowest BCUT2D eigenvalue weighted by Crippen LogP contribution is -2.20. The summed E-state index contributed by atoms with van der Waals surface area (Å²) in [5.41, 5.74) is 8.04. The summed E-state index contributed by atoms with van der Waals surface area (Å²) in [6.07, 6.45) is 0. The average molecular weight is 629 g/mol. The first-order valence-electron chi connectivity index (χ1n) is 14.7. The Balaban J connectivity index is 0.000000175. The van der Waals surface area contributed by atoms with Crippen molar-refractivity contribution in [1.29, 1.82) is 0 Å². The van der Waals surface area contributed by atoms with Gasteiger partial charge in [0.2, 0.25) is 0 Å². The number of rotatable bonds is 6. The maximum absolute atomic E-state index is 13.2. The predicted molar refractivity (Wildman–Crippen MR) is 179 cm³/mol. The Labute approximate surface area is 260 Å². The molecule has 0 radical (unpaired) electrons. The van der Waals surface area contributed by atoms with E-state index in [1.807, 2.05) is 133 Å². The first kappa shape index (κ1) is 31.8. The van der Waals surface area contributed by atoms with Crippen LogP contribution in [0.4, 0.5) is 0 Å². The molecule has 6 nitrogen and oxygen atoms in total. The van der Waals surface area contributed by atoms with E-state index in [9.17, 15) is 9.13 Å². The van der Waals surface area contributed by atoms with Crippen molar-refractivity contribution in [3.05, 3.63) is 136 Å². The zero-order valence-electron chi connectivity index (χ0n) is 26.0. The van der Waals surface area contributed by atoms with E-state index in [1.165, 1.54) is 0 Å². The summed E-state index contributed by atoms with van der Waals surface area (Å²) < 4.78 is 49.0. The minimum absolute atomic E-state index is 0.339. The molecule has 2 unspecified atom stereocenters. The van der Waals surface area contributed by atoms with E-state index < -0.39 is 15.2 Å². The van der Waals surface area contributed by atoms with Crippen LogP contribution in [0.1, 0.15) is 61.1 Å². The summed E-state index contributed by atoms with van der Waals surface area (Å²) in [6, 6.07) is 31.4. The summed E-state index contributed by atoms with van der Waals surface area (Å²) in [7, 11) is -6.64. The maximum atomic E-state index is 13.2. The van der Waals surface area contributed by atoms with E-state index in [0.29, 0.717) is 35.3 Å². The largest absolute Gasteiger partial charge is 0.425 e. The highest BCUT2D eigenvalue weighted by atomic mass is 31.2. The quantitative estimate of drug-likeness (QED) is 0.198. The molecule has 0 saturated heterocycles. The molecule has 44 heavy (non-hydrogen) atoms. The molecule has 0 N–H and O–H groups in total. The highest BCUT2D eigenvalue weighted by molar-refractivity contribution is 7.63. The van der Waals surface area contributed by atoms with E-state index >= 15 is 0 Å². The fourth-order valence-corrected chi connectivity index (χ4v) is 9.16. The molecule has 4 aromatic rings. The van der Waals surface area contributed by atoms with Gasteiger partial charge in [0.15, 0.2) is 0 Å². The lowest BCUT2D eigenvalue weighted by molar-refractivity contribution is 0.259. The van der Waals surface area contributed by atoms with Crippen molar-refractivity contribution in [2.45, 2.75) is 41.5 Å². The van der Waals surface area contributed by atoms with Crippen molar-refractivity contribution in [3.8, 4) is 0 Å². The summed E-state index contributed by atoms with van der Waals surface area (Å²) in [4.78, 5) is 0. The molecule has 0 aromatic heterocycles. The second-order valence-electron chi connectivity index (χ2n) is 10.7. The standard InChI is InChI=1S/2C18H19O3P/c1-4-20-22(19)17-11-10-13(2)12-16(17)18(14(3)21-22)15-8-6-5-7-9-15;1-4-20-22(19)17-11-10-13(2)12-16(17)14(3)18(21-22)15-8-6-5-7-9-15/h2*5-12H,4H2,1-3H3. The number of benzene rings is 4. The van der Waals surface area contributed by atoms with Crippen LogP contribution in [0.25, 0.3) is 16.9 Å². The molecule has 228 valence electrons. The summed E-state index contributed by atoms with van der Waals surface area (Å²) in [5.74, 6) is 1.27. The van der Waals surface area contributed by atoms with E-state index in [0.717, 1.165) is 44.5 Å². The van der Waals surface area contributed by atoms with Gasteiger partial charge in [-0.3, -0.25) is 9.05 Å². The molecule has 0 saturated carbocycles. The smallest absolute Gasteiger partial charge is 0.411 e. The lowest BCUT2D eigenvalue weighted by atomic mass is 9.95. The van der Waals surface area contributed by atoms with Gasteiger partial charge in [0.1, 0.15) is 11.5 Å². The minimum atomic E-state index is -3.34. The Morgan fingerprint density at radius 2 is 1.07 bits per heavy atom. The van der Waals surface area contributed by atoms with Crippen LogP contribution in [0.15, 0.2) is 103 Å². The van der Waals surface area contributed by atoms with Gasteiger partial charge in [0.05, 0.1) is 23.8 Å². The van der Waals surface area contributed by atoms with E-state index in [2.05, 4.69) is 6.07 Å². The van der Waals surface area contributed by atoms with Crippen molar-refractivity contribution < 1.29 is 27.2 Å². The predicted octanol–water partition coefficient (Wildman–Crippen LogP) is 9.43. The van der Waals surface area contributed by atoms with Gasteiger partial charge in [0, 0.05) is 22.3 Å². The van der Waals surface area contributed by atoms with Gasteiger partial charge in [-0.05, 0) is 64.8 Å².